The zero-order chi connectivity index (χ0) is 24.9. The summed E-state index contributed by atoms with van der Waals surface area (Å²) in [6.07, 6.45) is 7.76. The maximum atomic E-state index is 13.4. The summed E-state index contributed by atoms with van der Waals surface area (Å²) in [6.45, 7) is 2.41. The van der Waals surface area contributed by atoms with Crippen LogP contribution in [0.15, 0.2) is 36.8 Å². The molecule has 1 fully saturated rings. The van der Waals surface area contributed by atoms with Gasteiger partial charge in [-0.1, -0.05) is 6.07 Å². The molecule has 1 atom stereocenters. The lowest BCUT2D eigenvalue weighted by Gasteiger charge is -2.30. The molecule has 2 aliphatic rings. The van der Waals surface area contributed by atoms with Crippen LogP contribution in [0.4, 0.5) is 10.7 Å². The number of carbonyl (C=O) groups excluding carboxylic acids is 1. The van der Waals surface area contributed by atoms with E-state index in [1.165, 1.54) is 7.11 Å². The fraction of sp³-hybridized carbons (Fsp3) is 0.400. The number of nitrogens with one attached hydrogen (secondary N) is 3. The summed E-state index contributed by atoms with van der Waals surface area (Å²) in [5, 5.41) is 22.9. The second-order valence-corrected chi connectivity index (χ2v) is 8.85. The van der Waals surface area contributed by atoms with Crippen LogP contribution < -0.4 is 15.4 Å². The molecule has 3 N–H and O–H groups in total. The van der Waals surface area contributed by atoms with Crippen LogP contribution >= 0.6 is 0 Å². The number of anilines is 1. The minimum Gasteiger partial charge on any atom is -0.495 e. The third kappa shape index (κ3) is 5.08. The molecule has 11 heteroatoms. The summed E-state index contributed by atoms with van der Waals surface area (Å²) in [7, 11) is 1.52. The van der Waals surface area contributed by atoms with Crippen LogP contribution in [0, 0.1) is 11.3 Å². The van der Waals surface area contributed by atoms with Gasteiger partial charge in [-0.3, -0.25) is 5.10 Å². The number of H-pyrrole nitrogens is 1. The molecule has 1 unspecified atom stereocenters. The van der Waals surface area contributed by atoms with Crippen molar-refractivity contribution in [2.75, 3.05) is 32.2 Å². The van der Waals surface area contributed by atoms with Crippen LogP contribution in [-0.2, 0) is 17.7 Å². The number of fused-ring (bicyclic) bond motifs is 1. The van der Waals surface area contributed by atoms with Crippen molar-refractivity contribution in [3.63, 3.8) is 0 Å². The third-order valence-corrected chi connectivity index (χ3v) is 6.59. The van der Waals surface area contributed by atoms with Crippen molar-refractivity contribution in [2.45, 2.75) is 37.9 Å². The van der Waals surface area contributed by atoms with E-state index < -0.39 is 6.04 Å². The van der Waals surface area contributed by atoms with Gasteiger partial charge < -0.3 is 25.0 Å². The Labute approximate surface area is 208 Å². The molecule has 0 saturated carbocycles. The molecule has 36 heavy (non-hydrogen) atoms. The van der Waals surface area contributed by atoms with Gasteiger partial charge in [0.15, 0.2) is 0 Å². The number of ether oxygens (including phenoxy) is 2. The highest BCUT2D eigenvalue weighted by Crippen LogP contribution is 2.27. The van der Waals surface area contributed by atoms with Crippen molar-refractivity contribution in [1.29, 1.82) is 5.26 Å². The molecule has 4 heterocycles. The largest absolute Gasteiger partial charge is 0.495 e. The predicted octanol–water partition coefficient (Wildman–Crippen LogP) is 2.53. The van der Waals surface area contributed by atoms with Crippen LogP contribution in [0.1, 0.15) is 46.8 Å². The number of nitriles is 1. The Kier molecular flexibility index (Phi) is 6.95. The van der Waals surface area contributed by atoms with Gasteiger partial charge in [0.2, 0.25) is 5.95 Å². The van der Waals surface area contributed by atoms with Gasteiger partial charge in [0, 0.05) is 43.8 Å². The number of rotatable bonds is 6. The Morgan fingerprint density at radius 3 is 2.92 bits per heavy atom. The molecule has 1 aromatic carbocycles. The topological polar surface area (TPSA) is 141 Å². The zero-order valence-corrected chi connectivity index (χ0v) is 20.0. The molecular formula is C25H28N8O3. The maximum absolute atomic E-state index is 13.4. The van der Waals surface area contributed by atoms with Gasteiger partial charge in [0.05, 0.1) is 37.2 Å². The van der Waals surface area contributed by atoms with Gasteiger partial charge in [-0.05, 0) is 42.5 Å². The summed E-state index contributed by atoms with van der Waals surface area (Å²) in [5.74, 6) is 1.07. The smallest absolute Gasteiger partial charge is 0.318 e. The Morgan fingerprint density at radius 2 is 2.17 bits per heavy atom. The maximum Gasteiger partial charge on any atom is 0.318 e. The summed E-state index contributed by atoms with van der Waals surface area (Å²) in [6, 6.07) is 7.02. The van der Waals surface area contributed by atoms with E-state index in [2.05, 4.69) is 31.9 Å². The van der Waals surface area contributed by atoms with Crippen molar-refractivity contribution < 1.29 is 14.3 Å². The van der Waals surface area contributed by atoms with Gasteiger partial charge in [-0.15, -0.1) is 0 Å². The average Bonchev–Trinajstić information content (AvgIpc) is 3.46. The molecule has 11 nitrogen and oxygen atoms in total. The number of benzene rings is 1. The first-order valence-corrected chi connectivity index (χ1v) is 12.0. The van der Waals surface area contributed by atoms with E-state index in [9.17, 15) is 10.1 Å². The zero-order valence-electron chi connectivity index (χ0n) is 20.0. The minimum absolute atomic E-state index is 0.223. The van der Waals surface area contributed by atoms with E-state index in [4.69, 9.17) is 14.5 Å². The number of aromatic amines is 1. The SMILES string of the molecule is COc1ccc(C(NC(=O)N2CCc3cnc(NC4CCOCC4)nc3C2)c2cn[nH]c2)cc1C#N. The number of urea groups is 1. The highest BCUT2D eigenvalue weighted by molar-refractivity contribution is 5.75. The van der Waals surface area contributed by atoms with Crippen molar-refractivity contribution in [1.82, 2.24) is 30.4 Å². The van der Waals surface area contributed by atoms with Crippen molar-refractivity contribution in [2.24, 2.45) is 0 Å². The molecule has 2 amide bonds. The fourth-order valence-corrected chi connectivity index (χ4v) is 4.56. The first-order valence-electron chi connectivity index (χ1n) is 12.0. The van der Waals surface area contributed by atoms with Gasteiger partial charge in [-0.2, -0.15) is 10.4 Å². The Morgan fingerprint density at radius 1 is 1.31 bits per heavy atom. The molecule has 2 aliphatic heterocycles. The molecule has 0 bridgehead atoms. The molecule has 1 saturated heterocycles. The number of hydrogen-bond donors (Lipinski definition) is 3. The molecule has 186 valence electrons. The minimum atomic E-state index is -0.494. The Bertz CT molecular complexity index is 1250. The highest BCUT2D eigenvalue weighted by Gasteiger charge is 2.27. The molecule has 0 aliphatic carbocycles. The number of carbonyl (C=O) groups is 1. The number of methoxy groups -OCH3 is 1. The van der Waals surface area contributed by atoms with Crippen LogP contribution in [0.5, 0.6) is 5.75 Å². The molecule has 0 spiro atoms. The van der Waals surface area contributed by atoms with E-state index in [1.807, 2.05) is 12.3 Å². The lowest BCUT2D eigenvalue weighted by Crippen LogP contribution is -2.44. The first kappa shape index (κ1) is 23.6. The lowest BCUT2D eigenvalue weighted by molar-refractivity contribution is 0.0903. The standard InChI is InChI=1S/C25H28N8O3/c1-35-22-3-2-16(10-18(22)11-26)23(19-13-28-29-14-19)32-25(34)33-7-4-17-12-27-24(31-21(17)15-33)30-20-5-8-36-9-6-20/h2-3,10,12-14,20,23H,4-9,15H2,1H3,(H,28,29)(H,32,34)(H,27,30,31). The Hall–Kier alpha value is -4.17. The second kappa shape index (κ2) is 10.6. The molecule has 0 radical (unpaired) electrons. The average molecular weight is 489 g/mol. The van der Waals surface area contributed by atoms with E-state index in [1.54, 1.807) is 29.4 Å². The quantitative estimate of drug-likeness (QED) is 0.481. The Balaban J connectivity index is 1.32. The van der Waals surface area contributed by atoms with E-state index in [0.29, 0.717) is 42.8 Å². The summed E-state index contributed by atoms with van der Waals surface area (Å²) >= 11 is 0. The van der Waals surface area contributed by atoms with Crippen LogP contribution in [0.2, 0.25) is 0 Å². The van der Waals surface area contributed by atoms with Gasteiger partial charge in [0.25, 0.3) is 0 Å². The third-order valence-electron chi connectivity index (χ3n) is 6.59. The van der Waals surface area contributed by atoms with Crippen molar-refractivity contribution in [3.05, 3.63) is 64.7 Å². The van der Waals surface area contributed by atoms with Crippen molar-refractivity contribution in [3.8, 4) is 11.8 Å². The number of nitrogens with zero attached hydrogens (tertiary/aromatic N) is 5. The molecule has 3 aromatic rings. The number of aromatic nitrogens is 4. The second-order valence-electron chi connectivity index (χ2n) is 8.85. The predicted molar refractivity (Wildman–Crippen MR) is 130 cm³/mol. The fourth-order valence-electron chi connectivity index (χ4n) is 4.56. The highest BCUT2D eigenvalue weighted by atomic mass is 16.5. The summed E-state index contributed by atoms with van der Waals surface area (Å²) in [5.41, 5.74) is 3.82. The van der Waals surface area contributed by atoms with Crippen molar-refractivity contribution >= 4 is 12.0 Å². The molecule has 5 rings (SSSR count). The monoisotopic (exact) mass is 488 g/mol. The number of hydrogen-bond acceptors (Lipinski definition) is 8. The lowest BCUT2D eigenvalue weighted by atomic mass is 9.99. The molecular weight excluding hydrogens is 460 g/mol. The summed E-state index contributed by atoms with van der Waals surface area (Å²) in [4.78, 5) is 24.3. The van der Waals surface area contributed by atoms with Gasteiger partial charge in [-0.25, -0.2) is 14.8 Å². The molecule has 2 aromatic heterocycles. The first-order chi connectivity index (χ1) is 17.6. The van der Waals surface area contributed by atoms with E-state index in [0.717, 1.165) is 48.4 Å². The summed E-state index contributed by atoms with van der Waals surface area (Å²) < 4.78 is 10.7. The van der Waals surface area contributed by atoms with Gasteiger partial charge >= 0.3 is 6.03 Å². The van der Waals surface area contributed by atoms with E-state index >= 15 is 0 Å². The normalized spacial score (nSPS) is 16.5. The van der Waals surface area contributed by atoms with E-state index in [-0.39, 0.29) is 6.03 Å². The number of amides is 2. The van der Waals surface area contributed by atoms with Gasteiger partial charge in [0.1, 0.15) is 11.8 Å². The van der Waals surface area contributed by atoms with Crippen LogP contribution in [0.25, 0.3) is 0 Å². The van der Waals surface area contributed by atoms with Crippen LogP contribution in [-0.4, -0.2) is 64.0 Å². The van der Waals surface area contributed by atoms with Crippen LogP contribution in [0.3, 0.4) is 0 Å².